The van der Waals surface area contributed by atoms with Crippen LogP contribution in [0, 0.1) is 11.7 Å². The van der Waals surface area contributed by atoms with Crippen molar-refractivity contribution in [1.82, 2.24) is 15.1 Å². The van der Waals surface area contributed by atoms with Gasteiger partial charge in [-0.15, -0.1) is 0 Å². The number of nitrogens with one attached hydrogen (secondary N) is 1. The van der Waals surface area contributed by atoms with Crippen molar-refractivity contribution in [3.63, 3.8) is 0 Å². The molecule has 2 aromatic carbocycles. The van der Waals surface area contributed by atoms with Crippen LogP contribution in [0.5, 0.6) is 0 Å². The minimum absolute atomic E-state index is 0.222. The number of rotatable bonds is 7. The van der Waals surface area contributed by atoms with Gasteiger partial charge in [0.1, 0.15) is 5.82 Å². The van der Waals surface area contributed by atoms with Crippen LogP contribution in [0.15, 0.2) is 54.6 Å². The number of likely N-dealkylation sites (tertiary alicyclic amines) is 2. The molecule has 3 fully saturated rings. The average Bonchev–Trinajstić information content (AvgIpc) is 3.41. The van der Waals surface area contributed by atoms with Crippen LogP contribution in [-0.4, -0.2) is 65.5 Å². The topological polar surface area (TPSA) is 72.9 Å². The molecule has 0 unspecified atom stereocenters. The summed E-state index contributed by atoms with van der Waals surface area (Å²) in [5, 5.41) is 10.8. The first-order chi connectivity index (χ1) is 17.6. The monoisotopic (exact) mass is 495 g/mol. The van der Waals surface area contributed by atoms with E-state index in [0.29, 0.717) is 24.9 Å². The van der Waals surface area contributed by atoms with Crippen LogP contribution >= 0.6 is 0 Å². The number of hydrogen-bond acceptors (Lipinski definition) is 4. The maximum absolute atomic E-state index is 13.4. The van der Waals surface area contributed by atoms with Crippen molar-refractivity contribution >= 4 is 12.4 Å². The summed E-state index contributed by atoms with van der Waals surface area (Å²) in [6.45, 7) is 4.90. The van der Waals surface area contributed by atoms with Gasteiger partial charge < -0.3 is 20.2 Å². The third-order valence-electron chi connectivity index (χ3n) is 8.03. The van der Waals surface area contributed by atoms with Gasteiger partial charge >= 0.3 is 0 Å². The Labute approximate surface area is 213 Å². The molecule has 0 radical (unpaired) electrons. The van der Waals surface area contributed by atoms with Crippen LogP contribution in [0.25, 0.3) is 0 Å². The van der Waals surface area contributed by atoms with Crippen LogP contribution < -0.4 is 5.32 Å². The molecule has 2 saturated heterocycles. The van der Waals surface area contributed by atoms with Crippen molar-refractivity contribution in [3.8, 4) is 0 Å². The van der Waals surface area contributed by atoms with E-state index in [1.807, 2.05) is 12.1 Å². The Balaban J connectivity index is 0.000000967. The largest absolute Gasteiger partial charge is 0.483 e. The zero-order valence-corrected chi connectivity index (χ0v) is 20.9. The molecule has 1 saturated carbocycles. The number of piperidine rings is 1. The fraction of sp³-hybridized carbons (Fsp3) is 0.517. The number of benzene rings is 2. The van der Waals surface area contributed by atoms with Gasteiger partial charge in [-0.05, 0) is 74.4 Å². The Hall–Kier alpha value is -2.77. The Morgan fingerprint density at radius 1 is 1.00 bits per heavy atom. The van der Waals surface area contributed by atoms with Crippen LogP contribution in [0.1, 0.15) is 55.6 Å². The standard InChI is InChI=1S/C28H36FN3O.CH2O2/c29-23-13-11-21(12-14-23)20-32-26-10-6-9-25(30-15-18-31-16-4-5-17-31)28(26)24(19-27(32)33)22-7-2-1-3-8-22;2-1-3/h1-3,7-8,11-14,24-26,28,30H,4-6,9-10,15-20H2;1H,(H,2,3)/t24-,25+,26-,28+;/m1./s1. The highest BCUT2D eigenvalue weighted by atomic mass is 19.1. The normalized spacial score (nSPS) is 26.1. The van der Waals surface area contributed by atoms with Crippen LogP contribution in [0.3, 0.4) is 0 Å². The third kappa shape index (κ3) is 6.51. The molecular formula is C29H38FN3O3. The highest BCUT2D eigenvalue weighted by molar-refractivity contribution is 5.79. The molecule has 5 rings (SSSR count). The number of carbonyl (C=O) groups excluding carboxylic acids is 1. The SMILES string of the molecule is O=C1C[C@H](c2ccccc2)[C@H]2[C@@H](NCCN3CCCC3)CCC[C@H]2N1Cc1ccc(F)cc1.O=CO. The number of carboxylic acid groups (broad SMARTS) is 1. The summed E-state index contributed by atoms with van der Waals surface area (Å²) < 4.78 is 13.4. The number of halogens is 1. The van der Waals surface area contributed by atoms with Crippen LogP contribution in [0.4, 0.5) is 4.39 Å². The Morgan fingerprint density at radius 3 is 2.39 bits per heavy atom. The van der Waals surface area contributed by atoms with Gasteiger partial charge in [0.2, 0.25) is 5.91 Å². The summed E-state index contributed by atoms with van der Waals surface area (Å²) >= 11 is 0. The van der Waals surface area contributed by atoms with Crippen LogP contribution in [-0.2, 0) is 16.1 Å². The average molecular weight is 496 g/mol. The molecule has 1 aliphatic carbocycles. The first-order valence-corrected chi connectivity index (χ1v) is 13.2. The van der Waals surface area contributed by atoms with Gasteiger partial charge in [-0.25, -0.2) is 4.39 Å². The van der Waals surface area contributed by atoms with E-state index in [4.69, 9.17) is 9.90 Å². The van der Waals surface area contributed by atoms with E-state index in [2.05, 4.69) is 45.4 Å². The highest BCUT2D eigenvalue weighted by Gasteiger charge is 2.47. The zero-order valence-electron chi connectivity index (χ0n) is 20.9. The van der Waals surface area contributed by atoms with Gasteiger partial charge in [-0.2, -0.15) is 0 Å². The summed E-state index contributed by atoms with van der Waals surface area (Å²) in [5.41, 5.74) is 2.29. The Morgan fingerprint density at radius 2 is 1.69 bits per heavy atom. The Kier molecular flexibility index (Phi) is 9.47. The lowest BCUT2D eigenvalue weighted by atomic mass is 9.66. The fourth-order valence-electron chi connectivity index (χ4n) is 6.42. The molecular weight excluding hydrogens is 457 g/mol. The minimum atomic E-state index is -0.250. The van der Waals surface area contributed by atoms with Crippen molar-refractivity contribution in [2.24, 2.45) is 5.92 Å². The number of carbonyl (C=O) groups is 2. The first kappa shape index (κ1) is 26.3. The van der Waals surface area contributed by atoms with E-state index in [1.165, 1.54) is 50.0 Å². The number of nitrogens with zero attached hydrogens (tertiary/aromatic N) is 2. The van der Waals surface area contributed by atoms with E-state index in [-0.39, 0.29) is 30.2 Å². The zero-order chi connectivity index (χ0) is 25.3. The van der Waals surface area contributed by atoms with E-state index in [9.17, 15) is 9.18 Å². The summed E-state index contributed by atoms with van der Waals surface area (Å²) in [5.74, 6) is 0.647. The highest BCUT2D eigenvalue weighted by Crippen LogP contribution is 2.45. The second-order valence-corrected chi connectivity index (χ2v) is 10.2. The minimum Gasteiger partial charge on any atom is -0.483 e. The van der Waals surface area contributed by atoms with Gasteiger partial charge in [0.05, 0.1) is 0 Å². The molecule has 0 spiro atoms. The van der Waals surface area contributed by atoms with Gasteiger partial charge in [0, 0.05) is 44.1 Å². The van der Waals surface area contributed by atoms with E-state index in [1.54, 1.807) is 0 Å². The summed E-state index contributed by atoms with van der Waals surface area (Å²) in [4.78, 5) is 26.5. The molecule has 6 nitrogen and oxygen atoms in total. The van der Waals surface area contributed by atoms with Crippen molar-refractivity contribution in [1.29, 1.82) is 0 Å². The summed E-state index contributed by atoms with van der Waals surface area (Å²) in [6.07, 6.45) is 6.55. The number of hydrogen-bond donors (Lipinski definition) is 2. The maximum atomic E-state index is 13.4. The second-order valence-electron chi connectivity index (χ2n) is 10.2. The molecule has 36 heavy (non-hydrogen) atoms. The fourth-order valence-corrected chi connectivity index (χ4v) is 6.42. The third-order valence-corrected chi connectivity index (χ3v) is 8.03. The molecule has 2 heterocycles. The van der Waals surface area contributed by atoms with E-state index >= 15 is 0 Å². The molecule has 4 atom stereocenters. The molecule has 2 aromatic rings. The molecule has 194 valence electrons. The molecule has 0 aromatic heterocycles. The van der Waals surface area contributed by atoms with Gasteiger partial charge in [-0.3, -0.25) is 9.59 Å². The first-order valence-electron chi connectivity index (χ1n) is 13.2. The number of fused-ring (bicyclic) bond motifs is 1. The molecule has 1 amide bonds. The predicted octanol–water partition coefficient (Wildman–Crippen LogP) is 4.27. The van der Waals surface area contributed by atoms with Gasteiger partial charge in [-0.1, -0.05) is 42.5 Å². The van der Waals surface area contributed by atoms with E-state index < -0.39 is 0 Å². The Bertz CT molecular complexity index is 965. The molecule has 2 aliphatic heterocycles. The summed E-state index contributed by atoms with van der Waals surface area (Å²) in [6, 6.07) is 17.9. The second kappa shape index (κ2) is 13.0. The van der Waals surface area contributed by atoms with Gasteiger partial charge in [0.15, 0.2) is 0 Å². The van der Waals surface area contributed by atoms with Crippen molar-refractivity contribution in [2.75, 3.05) is 26.2 Å². The van der Waals surface area contributed by atoms with Crippen molar-refractivity contribution < 1.29 is 19.1 Å². The lowest BCUT2D eigenvalue weighted by molar-refractivity contribution is -0.143. The number of amides is 1. The smallest absolute Gasteiger partial charge is 0.290 e. The predicted molar refractivity (Wildman–Crippen MR) is 138 cm³/mol. The lowest BCUT2D eigenvalue weighted by Gasteiger charge is -2.51. The van der Waals surface area contributed by atoms with Crippen LogP contribution in [0.2, 0.25) is 0 Å². The lowest BCUT2D eigenvalue weighted by Crippen LogP contribution is -2.59. The molecule has 3 aliphatic rings. The van der Waals surface area contributed by atoms with Crippen molar-refractivity contribution in [3.05, 3.63) is 71.5 Å². The van der Waals surface area contributed by atoms with Gasteiger partial charge in [0.25, 0.3) is 6.47 Å². The maximum Gasteiger partial charge on any atom is 0.290 e. The summed E-state index contributed by atoms with van der Waals surface area (Å²) in [7, 11) is 0. The molecule has 2 N–H and O–H groups in total. The van der Waals surface area contributed by atoms with Crippen molar-refractivity contribution in [2.45, 2.75) is 63.1 Å². The van der Waals surface area contributed by atoms with E-state index in [0.717, 1.165) is 31.5 Å². The molecule has 7 heteroatoms. The molecule has 0 bridgehead atoms. The quantitative estimate of drug-likeness (QED) is 0.562.